The number of amides is 1. The van der Waals surface area contributed by atoms with Crippen LogP contribution in [0.15, 0.2) is 47.4 Å². The molecule has 3 rings (SSSR count). The van der Waals surface area contributed by atoms with Crippen molar-refractivity contribution in [3.8, 4) is 0 Å². The van der Waals surface area contributed by atoms with E-state index in [2.05, 4.69) is 5.32 Å². The minimum Gasteiger partial charge on any atom is -0.452 e. The third-order valence-corrected chi connectivity index (χ3v) is 7.27. The van der Waals surface area contributed by atoms with Crippen LogP contribution in [0, 0.1) is 10.1 Å². The Balaban J connectivity index is 1.66. The molecule has 0 atom stereocenters. The summed E-state index contributed by atoms with van der Waals surface area (Å²) in [6.45, 7) is 0.168. The predicted molar refractivity (Wildman–Crippen MR) is 121 cm³/mol. The summed E-state index contributed by atoms with van der Waals surface area (Å²) in [5, 5.41) is 13.4. The normalized spacial score (nSPS) is 14.8. The summed E-state index contributed by atoms with van der Waals surface area (Å²) >= 11 is 6.11. The maximum absolute atomic E-state index is 13.0. The number of anilines is 1. The highest BCUT2D eigenvalue weighted by atomic mass is 35.5. The van der Waals surface area contributed by atoms with Gasteiger partial charge in [-0.3, -0.25) is 14.9 Å². The van der Waals surface area contributed by atoms with E-state index in [0.717, 1.165) is 31.7 Å². The molecule has 1 aliphatic rings. The van der Waals surface area contributed by atoms with E-state index >= 15 is 0 Å². The van der Waals surface area contributed by atoms with E-state index < -0.39 is 33.4 Å². The van der Waals surface area contributed by atoms with Gasteiger partial charge in [-0.15, -0.1) is 0 Å². The first-order valence-electron chi connectivity index (χ1n) is 10.2. The number of hydrogen-bond acceptors (Lipinski definition) is 7. The van der Waals surface area contributed by atoms with Crippen LogP contribution in [0.3, 0.4) is 0 Å². The topological polar surface area (TPSA) is 136 Å². The molecular weight excluding hydrogens is 474 g/mol. The molecule has 0 radical (unpaired) electrons. The lowest BCUT2D eigenvalue weighted by Crippen LogP contribution is -2.32. The smallest absolute Gasteiger partial charge is 0.338 e. The first kappa shape index (κ1) is 24.6. The number of nitro benzene ring substituents is 1. The van der Waals surface area contributed by atoms with E-state index in [9.17, 15) is 28.1 Å². The SMILES string of the molecule is O=C(COC(=O)c1cccc([N+](=O)[O-])c1)Nc1cc(S(=O)(=O)N2CCCCCC2)ccc1Cl. The molecule has 1 N–H and O–H groups in total. The number of nitro groups is 1. The Hall–Kier alpha value is -3.02. The number of esters is 1. The number of benzene rings is 2. The van der Waals surface area contributed by atoms with Crippen LogP contribution in [-0.4, -0.2) is 49.2 Å². The predicted octanol–water partition coefficient (Wildman–Crippen LogP) is 3.61. The van der Waals surface area contributed by atoms with Crippen LogP contribution in [-0.2, 0) is 19.6 Å². The van der Waals surface area contributed by atoms with Gasteiger partial charge in [-0.2, -0.15) is 4.31 Å². The number of ether oxygens (including phenoxy) is 1. The Labute approximate surface area is 195 Å². The molecule has 176 valence electrons. The third-order valence-electron chi connectivity index (χ3n) is 5.04. The monoisotopic (exact) mass is 495 g/mol. The zero-order valence-electron chi connectivity index (χ0n) is 17.5. The molecule has 0 aliphatic carbocycles. The Morgan fingerprint density at radius 2 is 1.79 bits per heavy atom. The Bertz CT molecular complexity index is 1160. The Kier molecular flexibility index (Phi) is 8.01. The highest BCUT2D eigenvalue weighted by Crippen LogP contribution is 2.28. The fraction of sp³-hybridized carbons (Fsp3) is 0.333. The second-order valence-corrected chi connectivity index (χ2v) is 9.74. The molecule has 1 fully saturated rings. The van der Waals surface area contributed by atoms with Gasteiger partial charge >= 0.3 is 5.97 Å². The summed E-state index contributed by atoms with van der Waals surface area (Å²) in [4.78, 5) is 34.5. The van der Waals surface area contributed by atoms with Gasteiger partial charge in [0.15, 0.2) is 6.61 Å². The largest absolute Gasteiger partial charge is 0.452 e. The van der Waals surface area contributed by atoms with Gasteiger partial charge < -0.3 is 10.1 Å². The van der Waals surface area contributed by atoms with Crippen LogP contribution in [0.1, 0.15) is 36.0 Å². The molecule has 0 bridgehead atoms. The van der Waals surface area contributed by atoms with Gasteiger partial charge in [-0.05, 0) is 37.1 Å². The number of nitrogens with one attached hydrogen (secondary N) is 1. The summed E-state index contributed by atoms with van der Waals surface area (Å²) in [5.74, 6) is -1.67. The van der Waals surface area contributed by atoms with Gasteiger partial charge in [0.05, 0.1) is 26.1 Å². The van der Waals surface area contributed by atoms with Crippen LogP contribution in [0.5, 0.6) is 0 Å². The summed E-state index contributed by atoms with van der Waals surface area (Å²) in [5.41, 5.74) is -0.312. The van der Waals surface area contributed by atoms with Gasteiger partial charge in [0, 0.05) is 25.2 Å². The molecule has 12 heteroatoms. The van der Waals surface area contributed by atoms with E-state index in [1.165, 1.54) is 40.7 Å². The zero-order chi connectivity index (χ0) is 24.0. The van der Waals surface area contributed by atoms with Gasteiger partial charge in [-0.1, -0.05) is 30.5 Å². The van der Waals surface area contributed by atoms with Crippen LogP contribution < -0.4 is 5.32 Å². The molecule has 1 aliphatic heterocycles. The molecule has 0 saturated carbocycles. The van der Waals surface area contributed by atoms with Crippen molar-refractivity contribution in [1.82, 2.24) is 4.31 Å². The molecule has 1 saturated heterocycles. The van der Waals surface area contributed by atoms with Crippen molar-refractivity contribution < 1.29 is 27.7 Å². The third kappa shape index (κ3) is 6.28. The maximum Gasteiger partial charge on any atom is 0.338 e. The summed E-state index contributed by atoms with van der Waals surface area (Å²) in [6, 6.07) is 8.92. The summed E-state index contributed by atoms with van der Waals surface area (Å²) in [6.07, 6.45) is 3.52. The first-order chi connectivity index (χ1) is 15.7. The van der Waals surface area contributed by atoms with Gasteiger partial charge in [0.1, 0.15) is 0 Å². The quantitative estimate of drug-likeness (QED) is 0.352. The van der Waals surface area contributed by atoms with Crippen LogP contribution in [0.4, 0.5) is 11.4 Å². The van der Waals surface area contributed by atoms with Crippen molar-refractivity contribution in [3.63, 3.8) is 0 Å². The van der Waals surface area contributed by atoms with Crippen molar-refractivity contribution in [3.05, 3.63) is 63.2 Å². The van der Waals surface area contributed by atoms with E-state index in [0.29, 0.717) is 13.1 Å². The molecule has 2 aromatic rings. The van der Waals surface area contributed by atoms with E-state index in [4.69, 9.17) is 16.3 Å². The Morgan fingerprint density at radius 3 is 2.45 bits per heavy atom. The number of rotatable bonds is 7. The maximum atomic E-state index is 13.0. The molecule has 2 aromatic carbocycles. The molecule has 1 heterocycles. The Morgan fingerprint density at radius 1 is 1.09 bits per heavy atom. The van der Waals surface area contributed by atoms with Crippen molar-refractivity contribution >= 4 is 44.9 Å². The van der Waals surface area contributed by atoms with Crippen molar-refractivity contribution in [2.45, 2.75) is 30.6 Å². The highest BCUT2D eigenvalue weighted by molar-refractivity contribution is 7.89. The lowest BCUT2D eigenvalue weighted by Gasteiger charge is -2.20. The van der Waals surface area contributed by atoms with Gasteiger partial charge in [-0.25, -0.2) is 13.2 Å². The fourth-order valence-electron chi connectivity index (χ4n) is 3.34. The van der Waals surface area contributed by atoms with E-state index in [1.54, 1.807) is 0 Å². The standard InChI is InChI=1S/C21H22ClN3O7S/c22-18-9-8-17(33(30,31)24-10-3-1-2-4-11-24)13-19(18)23-20(26)14-32-21(27)15-6-5-7-16(12-15)25(28)29/h5-9,12-13H,1-4,10-11,14H2,(H,23,26). The number of halogens is 1. The molecule has 0 aromatic heterocycles. The number of carbonyl (C=O) groups excluding carboxylic acids is 2. The van der Waals surface area contributed by atoms with Crippen molar-refractivity contribution in [2.24, 2.45) is 0 Å². The molecule has 0 spiro atoms. The van der Waals surface area contributed by atoms with Gasteiger partial charge in [0.25, 0.3) is 11.6 Å². The average Bonchev–Trinajstić information content (AvgIpc) is 3.09. The number of sulfonamides is 1. The number of hydrogen-bond donors (Lipinski definition) is 1. The molecule has 33 heavy (non-hydrogen) atoms. The lowest BCUT2D eigenvalue weighted by atomic mass is 10.2. The van der Waals surface area contributed by atoms with Crippen molar-refractivity contribution in [1.29, 1.82) is 0 Å². The zero-order valence-corrected chi connectivity index (χ0v) is 19.1. The summed E-state index contributed by atoms with van der Waals surface area (Å²) < 4.78 is 32.3. The summed E-state index contributed by atoms with van der Waals surface area (Å²) in [7, 11) is -3.75. The second kappa shape index (κ2) is 10.7. The fourth-order valence-corrected chi connectivity index (χ4v) is 5.05. The van der Waals surface area contributed by atoms with Crippen molar-refractivity contribution in [2.75, 3.05) is 25.0 Å². The minimum atomic E-state index is -3.75. The first-order valence-corrected chi connectivity index (χ1v) is 12.0. The van der Waals surface area contributed by atoms with E-state index in [-0.39, 0.29) is 26.9 Å². The van der Waals surface area contributed by atoms with Crippen LogP contribution in [0.2, 0.25) is 5.02 Å². The van der Waals surface area contributed by atoms with Crippen LogP contribution >= 0.6 is 11.6 Å². The number of nitrogens with zero attached hydrogens (tertiary/aromatic N) is 2. The highest BCUT2D eigenvalue weighted by Gasteiger charge is 2.26. The molecule has 1 amide bonds. The molecule has 0 unspecified atom stereocenters. The van der Waals surface area contributed by atoms with Crippen LogP contribution in [0.25, 0.3) is 0 Å². The minimum absolute atomic E-state index is 0.00214. The number of carbonyl (C=O) groups is 2. The number of non-ortho nitro benzene ring substituents is 1. The average molecular weight is 496 g/mol. The van der Waals surface area contributed by atoms with Gasteiger partial charge in [0.2, 0.25) is 10.0 Å². The lowest BCUT2D eigenvalue weighted by molar-refractivity contribution is -0.384. The molecular formula is C21H22ClN3O7S. The molecule has 10 nitrogen and oxygen atoms in total. The van der Waals surface area contributed by atoms with E-state index in [1.807, 2.05) is 0 Å². The second-order valence-electron chi connectivity index (χ2n) is 7.39.